The molecular weight excluding hydrogens is 138 g/mol. The number of rotatable bonds is 0. The van der Waals surface area contributed by atoms with Gasteiger partial charge in [-0.3, -0.25) is 0 Å². The molecule has 2 aliphatic rings. The minimum atomic E-state index is 0.00463. The molecule has 2 fully saturated rings. The van der Waals surface area contributed by atoms with Crippen molar-refractivity contribution < 1.29 is 5.11 Å². The molecule has 0 bridgehead atoms. The van der Waals surface area contributed by atoms with Gasteiger partial charge in [0.1, 0.15) is 0 Å². The minimum Gasteiger partial charge on any atom is -0.393 e. The van der Waals surface area contributed by atoms with Crippen molar-refractivity contribution in [3.05, 3.63) is 0 Å². The van der Waals surface area contributed by atoms with Crippen molar-refractivity contribution in [3.8, 4) is 0 Å². The molecule has 3 atom stereocenters. The Morgan fingerprint density at radius 2 is 1.91 bits per heavy atom. The lowest BCUT2D eigenvalue weighted by molar-refractivity contribution is 0.133. The fourth-order valence-corrected chi connectivity index (χ4v) is 2.12. The number of hydrogen-bond acceptors (Lipinski definition) is 2. The van der Waals surface area contributed by atoms with E-state index in [2.05, 4.69) is 5.32 Å². The average Bonchev–Trinajstić information content (AvgIpc) is 2.60. The second-order valence-corrected chi connectivity index (χ2v) is 3.23. The zero-order valence-electron chi connectivity index (χ0n) is 7.51. The van der Waals surface area contributed by atoms with Crippen molar-refractivity contribution in [3.63, 3.8) is 0 Å². The first kappa shape index (κ1) is 9.01. The molecule has 1 saturated carbocycles. The molecule has 0 aromatic heterocycles. The third kappa shape index (κ3) is 1.74. The highest BCUT2D eigenvalue weighted by Crippen LogP contribution is 2.33. The number of nitrogens with one attached hydrogen (secondary N) is 1. The summed E-state index contributed by atoms with van der Waals surface area (Å²) in [6.07, 6.45) is 2.28. The van der Waals surface area contributed by atoms with Crippen LogP contribution in [0.2, 0.25) is 0 Å². The maximum atomic E-state index is 9.36. The van der Waals surface area contributed by atoms with Gasteiger partial charge in [-0.15, -0.1) is 0 Å². The van der Waals surface area contributed by atoms with Crippen LogP contribution in [0.25, 0.3) is 0 Å². The molecule has 0 aromatic rings. The van der Waals surface area contributed by atoms with E-state index in [0.29, 0.717) is 5.92 Å². The number of aliphatic hydroxyl groups excluding tert-OH is 1. The first-order valence-electron chi connectivity index (χ1n) is 4.76. The molecular formula is C9H19NO. The number of aliphatic hydroxyl groups is 1. The Morgan fingerprint density at radius 1 is 1.18 bits per heavy atom. The smallest absolute Gasteiger partial charge is 0.0583 e. The van der Waals surface area contributed by atoms with Crippen LogP contribution in [0.4, 0.5) is 0 Å². The summed E-state index contributed by atoms with van der Waals surface area (Å²) in [7, 11) is 0. The highest BCUT2D eigenvalue weighted by molar-refractivity contribution is 4.91. The van der Waals surface area contributed by atoms with E-state index in [-0.39, 0.29) is 6.10 Å². The molecule has 2 N–H and O–H groups in total. The van der Waals surface area contributed by atoms with E-state index in [1.54, 1.807) is 0 Å². The zero-order valence-corrected chi connectivity index (χ0v) is 7.51. The molecule has 2 rings (SSSR count). The fourth-order valence-electron chi connectivity index (χ4n) is 2.12. The van der Waals surface area contributed by atoms with Crippen molar-refractivity contribution in [2.24, 2.45) is 11.8 Å². The topological polar surface area (TPSA) is 32.3 Å². The van der Waals surface area contributed by atoms with E-state index < -0.39 is 0 Å². The van der Waals surface area contributed by atoms with Crippen molar-refractivity contribution in [2.45, 2.75) is 32.8 Å². The predicted octanol–water partition coefficient (Wildman–Crippen LogP) is 1.00. The molecule has 0 aromatic carbocycles. The molecule has 0 amide bonds. The third-order valence-corrected chi connectivity index (χ3v) is 2.72. The summed E-state index contributed by atoms with van der Waals surface area (Å²) in [5.74, 6) is 1.38. The molecule has 2 heteroatoms. The van der Waals surface area contributed by atoms with Crippen LogP contribution in [-0.2, 0) is 0 Å². The van der Waals surface area contributed by atoms with Crippen molar-refractivity contribution in [2.75, 3.05) is 13.1 Å². The Bertz CT molecular complexity index is 116. The zero-order chi connectivity index (χ0) is 8.27. The lowest BCUT2D eigenvalue weighted by atomic mass is 10.00. The number of fused-ring (bicyclic) bond motifs is 1. The van der Waals surface area contributed by atoms with Gasteiger partial charge in [0.15, 0.2) is 0 Å². The molecule has 11 heavy (non-hydrogen) atoms. The van der Waals surface area contributed by atoms with Gasteiger partial charge in [0.2, 0.25) is 0 Å². The summed E-state index contributed by atoms with van der Waals surface area (Å²) in [5.41, 5.74) is 0. The summed E-state index contributed by atoms with van der Waals surface area (Å²) < 4.78 is 0. The highest BCUT2D eigenvalue weighted by Gasteiger charge is 2.37. The summed E-state index contributed by atoms with van der Waals surface area (Å²) in [6.45, 7) is 6.19. The first-order valence-corrected chi connectivity index (χ1v) is 4.76. The maximum Gasteiger partial charge on any atom is 0.0583 e. The van der Waals surface area contributed by atoms with Crippen LogP contribution in [-0.4, -0.2) is 24.3 Å². The van der Waals surface area contributed by atoms with E-state index in [4.69, 9.17) is 0 Å². The van der Waals surface area contributed by atoms with Crippen molar-refractivity contribution in [1.82, 2.24) is 5.32 Å². The van der Waals surface area contributed by atoms with Gasteiger partial charge in [0.05, 0.1) is 6.10 Å². The van der Waals surface area contributed by atoms with E-state index in [1.807, 2.05) is 13.8 Å². The molecule has 3 unspecified atom stereocenters. The van der Waals surface area contributed by atoms with Crippen LogP contribution in [0, 0.1) is 11.8 Å². The summed E-state index contributed by atoms with van der Waals surface area (Å²) in [4.78, 5) is 0. The molecule has 66 valence electrons. The van der Waals surface area contributed by atoms with Gasteiger partial charge >= 0.3 is 0 Å². The van der Waals surface area contributed by atoms with Crippen LogP contribution in [0.1, 0.15) is 26.7 Å². The van der Waals surface area contributed by atoms with Gasteiger partial charge in [0.25, 0.3) is 0 Å². The molecule has 1 aliphatic carbocycles. The Hall–Kier alpha value is -0.0800. The fraction of sp³-hybridized carbons (Fsp3) is 1.00. The van der Waals surface area contributed by atoms with E-state index in [9.17, 15) is 5.11 Å². The highest BCUT2D eigenvalue weighted by atomic mass is 16.3. The lowest BCUT2D eigenvalue weighted by Crippen LogP contribution is -2.19. The lowest BCUT2D eigenvalue weighted by Gasteiger charge is -2.09. The summed E-state index contributed by atoms with van der Waals surface area (Å²) in [5, 5.41) is 12.7. The average molecular weight is 157 g/mol. The molecule has 1 aliphatic heterocycles. The predicted molar refractivity (Wildman–Crippen MR) is 46.4 cm³/mol. The van der Waals surface area contributed by atoms with Gasteiger partial charge < -0.3 is 10.4 Å². The quantitative estimate of drug-likeness (QED) is 0.550. The second kappa shape index (κ2) is 4.07. The molecule has 0 spiro atoms. The Labute approximate surface area is 69.0 Å². The van der Waals surface area contributed by atoms with Crippen LogP contribution in [0.5, 0.6) is 0 Å². The summed E-state index contributed by atoms with van der Waals surface area (Å²) >= 11 is 0. The van der Waals surface area contributed by atoms with Crippen LogP contribution in [0.15, 0.2) is 0 Å². The van der Waals surface area contributed by atoms with Gasteiger partial charge in [-0.05, 0) is 25.3 Å². The molecule has 1 saturated heterocycles. The third-order valence-electron chi connectivity index (χ3n) is 2.72. The van der Waals surface area contributed by atoms with E-state index >= 15 is 0 Å². The van der Waals surface area contributed by atoms with Crippen molar-refractivity contribution >= 4 is 0 Å². The molecule has 1 heterocycles. The van der Waals surface area contributed by atoms with Crippen LogP contribution < -0.4 is 5.32 Å². The maximum absolute atomic E-state index is 9.36. The largest absolute Gasteiger partial charge is 0.393 e. The van der Waals surface area contributed by atoms with Gasteiger partial charge in [-0.1, -0.05) is 13.8 Å². The van der Waals surface area contributed by atoms with Gasteiger partial charge in [-0.2, -0.15) is 0 Å². The standard InChI is InChI=1S/C7H13NO.C2H6/c9-7-2-1-5-3-8-4-6(5)7;1-2/h5-9H,1-4H2;1-2H3. The minimum absolute atomic E-state index is 0.00463. The Morgan fingerprint density at radius 3 is 2.55 bits per heavy atom. The summed E-state index contributed by atoms with van der Waals surface area (Å²) in [6, 6.07) is 0. The Balaban J connectivity index is 0.000000281. The van der Waals surface area contributed by atoms with E-state index in [0.717, 1.165) is 25.4 Å². The molecule has 2 nitrogen and oxygen atoms in total. The van der Waals surface area contributed by atoms with Gasteiger partial charge in [-0.25, -0.2) is 0 Å². The first-order chi connectivity index (χ1) is 5.38. The van der Waals surface area contributed by atoms with Crippen LogP contribution in [0.3, 0.4) is 0 Å². The normalized spacial score (nSPS) is 41.2. The van der Waals surface area contributed by atoms with Crippen molar-refractivity contribution in [1.29, 1.82) is 0 Å². The van der Waals surface area contributed by atoms with Crippen LogP contribution >= 0.6 is 0 Å². The molecule has 0 radical (unpaired) electrons. The second-order valence-electron chi connectivity index (χ2n) is 3.23. The number of hydrogen-bond donors (Lipinski definition) is 2. The van der Waals surface area contributed by atoms with E-state index in [1.165, 1.54) is 6.42 Å². The van der Waals surface area contributed by atoms with Gasteiger partial charge in [0, 0.05) is 12.5 Å². The monoisotopic (exact) mass is 157 g/mol. The SMILES string of the molecule is CC.OC1CCC2CNCC12. The Kier molecular flexibility index (Phi) is 3.34.